The normalized spacial score (nSPS) is 11.4. The Morgan fingerprint density at radius 2 is 1.67 bits per heavy atom. The fourth-order valence-electron chi connectivity index (χ4n) is 2.66. The van der Waals surface area contributed by atoms with Gasteiger partial charge in [0.25, 0.3) is 0 Å². The number of fused-ring (bicyclic) bond motifs is 1. The van der Waals surface area contributed by atoms with Gasteiger partial charge in [-0.15, -0.1) is 13.2 Å². The number of Topliss-reactive ketones (excluding diaryl/α,β-unsaturated/α-hetero) is 1. The van der Waals surface area contributed by atoms with Gasteiger partial charge in [-0.2, -0.15) is 0 Å². The van der Waals surface area contributed by atoms with Crippen LogP contribution in [0.15, 0.2) is 54.6 Å². The van der Waals surface area contributed by atoms with E-state index >= 15 is 0 Å². The molecule has 0 unspecified atom stereocenters. The molecular weight excluding hydrogens is 381 g/mol. The number of hydrogen-bond donors (Lipinski definition) is 0. The van der Waals surface area contributed by atoms with E-state index in [9.17, 15) is 18.0 Å². The van der Waals surface area contributed by atoms with Crippen LogP contribution >= 0.6 is 11.6 Å². The molecule has 140 valence electrons. The zero-order valence-corrected chi connectivity index (χ0v) is 14.9. The fraction of sp³-hybridized carbons (Fsp3) is 0.150. The molecule has 3 rings (SSSR count). The van der Waals surface area contributed by atoms with Crippen LogP contribution in [0, 0.1) is 0 Å². The van der Waals surface area contributed by atoms with Crippen molar-refractivity contribution < 1.29 is 27.4 Å². The van der Waals surface area contributed by atoms with Crippen LogP contribution in [0.3, 0.4) is 0 Å². The number of rotatable bonds is 5. The number of hydrogen-bond acceptors (Lipinski definition) is 3. The Balaban J connectivity index is 1.87. The minimum atomic E-state index is -4.74. The van der Waals surface area contributed by atoms with Crippen molar-refractivity contribution in [3.8, 4) is 11.5 Å². The molecule has 0 fully saturated rings. The van der Waals surface area contributed by atoms with Crippen molar-refractivity contribution >= 4 is 28.2 Å². The highest BCUT2D eigenvalue weighted by Crippen LogP contribution is 2.36. The van der Waals surface area contributed by atoms with Crippen LogP contribution in [0.25, 0.3) is 10.8 Å². The first kappa shape index (κ1) is 19.0. The monoisotopic (exact) mass is 394 g/mol. The van der Waals surface area contributed by atoms with E-state index in [0.29, 0.717) is 27.3 Å². The van der Waals surface area contributed by atoms with Crippen LogP contribution in [0.1, 0.15) is 22.8 Å². The van der Waals surface area contributed by atoms with Gasteiger partial charge in [-0.3, -0.25) is 4.79 Å². The van der Waals surface area contributed by atoms with Crippen molar-refractivity contribution in [3.63, 3.8) is 0 Å². The van der Waals surface area contributed by atoms with Gasteiger partial charge in [-0.05, 0) is 30.7 Å². The topological polar surface area (TPSA) is 35.5 Å². The first-order chi connectivity index (χ1) is 12.7. The van der Waals surface area contributed by atoms with Gasteiger partial charge in [-0.1, -0.05) is 48.0 Å². The van der Waals surface area contributed by atoms with Crippen molar-refractivity contribution in [2.75, 3.05) is 0 Å². The summed E-state index contributed by atoms with van der Waals surface area (Å²) in [6.07, 6.45) is -4.74. The average Bonchev–Trinajstić information content (AvgIpc) is 2.61. The van der Waals surface area contributed by atoms with Crippen LogP contribution in [0.2, 0.25) is 5.02 Å². The van der Waals surface area contributed by atoms with E-state index in [1.54, 1.807) is 18.2 Å². The number of benzene rings is 3. The quantitative estimate of drug-likeness (QED) is 0.485. The Morgan fingerprint density at radius 3 is 2.26 bits per heavy atom. The molecule has 0 aliphatic carbocycles. The van der Waals surface area contributed by atoms with E-state index in [4.69, 9.17) is 16.3 Å². The van der Waals surface area contributed by atoms with Crippen LogP contribution < -0.4 is 9.47 Å². The lowest BCUT2D eigenvalue weighted by atomic mass is 10.0. The van der Waals surface area contributed by atoms with Crippen molar-refractivity contribution in [1.82, 2.24) is 0 Å². The zero-order chi connectivity index (χ0) is 19.6. The van der Waals surface area contributed by atoms with Crippen LogP contribution in [-0.4, -0.2) is 12.1 Å². The Labute approximate surface area is 158 Å². The Hall–Kier alpha value is -2.73. The van der Waals surface area contributed by atoms with Gasteiger partial charge in [0.15, 0.2) is 5.78 Å². The molecule has 3 nitrogen and oxygen atoms in total. The molecule has 3 aromatic rings. The molecule has 0 aliphatic heterocycles. The molecule has 3 aromatic carbocycles. The SMILES string of the molecule is CC(=O)c1cc(Cl)c2ccccc2c1OCc1ccc(OC(F)(F)F)cc1. The first-order valence-corrected chi connectivity index (χ1v) is 8.32. The summed E-state index contributed by atoms with van der Waals surface area (Å²) in [5, 5.41) is 1.87. The molecule has 0 radical (unpaired) electrons. The maximum absolute atomic E-state index is 12.2. The highest BCUT2D eigenvalue weighted by Gasteiger charge is 2.30. The number of ketones is 1. The van der Waals surface area contributed by atoms with Crippen molar-refractivity contribution in [2.24, 2.45) is 0 Å². The number of halogens is 4. The van der Waals surface area contributed by atoms with Crippen LogP contribution in [-0.2, 0) is 6.61 Å². The lowest BCUT2D eigenvalue weighted by molar-refractivity contribution is -0.274. The molecule has 0 N–H and O–H groups in total. The van der Waals surface area contributed by atoms with Crippen molar-refractivity contribution in [1.29, 1.82) is 0 Å². The molecule has 0 atom stereocenters. The van der Waals surface area contributed by atoms with Gasteiger partial charge < -0.3 is 9.47 Å². The molecule has 7 heteroatoms. The Kier molecular flexibility index (Phi) is 5.28. The molecule has 0 aliphatic rings. The molecule has 0 saturated carbocycles. The molecule has 0 bridgehead atoms. The second-order valence-corrected chi connectivity index (χ2v) is 6.22. The molecule has 0 amide bonds. The van der Waals surface area contributed by atoms with Crippen LogP contribution in [0.4, 0.5) is 13.2 Å². The van der Waals surface area contributed by atoms with Gasteiger partial charge >= 0.3 is 6.36 Å². The molecule has 0 saturated heterocycles. The van der Waals surface area contributed by atoms with E-state index in [-0.39, 0.29) is 18.1 Å². The molecule has 27 heavy (non-hydrogen) atoms. The van der Waals surface area contributed by atoms with E-state index in [1.807, 2.05) is 12.1 Å². The Bertz CT molecular complexity index is 982. The first-order valence-electron chi connectivity index (χ1n) is 7.94. The third-order valence-electron chi connectivity index (χ3n) is 3.86. The fourth-order valence-corrected chi connectivity index (χ4v) is 2.94. The molecule has 0 spiro atoms. The third kappa shape index (κ3) is 4.52. The summed E-state index contributed by atoms with van der Waals surface area (Å²) in [7, 11) is 0. The molecule has 0 aromatic heterocycles. The second kappa shape index (κ2) is 7.48. The molecular formula is C20H14ClF3O3. The maximum atomic E-state index is 12.2. The summed E-state index contributed by atoms with van der Waals surface area (Å²) in [5.74, 6) is -0.127. The summed E-state index contributed by atoms with van der Waals surface area (Å²) in [6, 6.07) is 14.1. The van der Waals surface area contributed by atoms with E-state index in [0.717, 1.165) is 5.39 Å². The predicted molar refractivity (Wildman–Crippen MR) is 96.4 cm³/mol. The predicted octanol–water partition coefficient (Wildman–Crippen LogP) is 6.17. The van der Waals surface area contributed by atoms with E-state index in [2.05, 4.69) is 4.74 Å². The Morgan fingerprint density at radius 1 is 1.04 bits per heavy atom. The van der Waals surface area contributed by atoms with Gasteiger partial charge in [-0.25, -0.2) is 0 Å². The van der Waals surface area contributed by atoms with Gasteiger partial charge in [0.1, 0.15) is 18.1 Å². The maximum Gasteiger partial charge on any atom is 0.573 e. The standard InChI is InChI=1S/C20H14ClF3O3/c1-12(25)17-10-18(21)15-4-2-3-5-16(15)19(17)26-11-13-6-8-14(9-7-13)27-20(22,23)24/h2-10H,11H2,1H3. The number of carbonyl (C=O) groups is 1. The number of alkyl halides is 3. The van der Waals surface area contributed by atoms with E-state index in [1.165, 1.54) is 31.2 Å². The summed E-state index contributed by atoms with van der Waals surface area (Å²) in [5.41, 5.74) is 0.966. The lowest BCUT2D eigenvalue weighted by Crippen LogP contribution is -2.17. The summed E-state index contributed by atoms with van der Waals surface area (Å²) in [6.45, 7) is 1.48. The largest absolute Gasteiger partial charge is 0.573 e. The smallest absolute Gasteiger partial charge is 0.487 e. The highest BCUT2D eigenvalue weighted by molar-refractivity contribution is 6.36. The summed E-state index contributed by atoms with van der Waals surface area (Å²) >= 11 is 6.25. The van der Waals surface area contributed by atoms with Gasteiger partial charge in [0, 0.05) is 15.8 Å². The minimum absolute atomic E-state index is 0.0677. The molecule has 0 heterocycles. The number of ether oxygens (including phenoxy) is 2. The average molecular weight is 395 g/mol. The van der Waals surface area contributed by atoms with Crippen LogP contribution in [0.5, 0.6) is 11.5 Å². The lowest BCUT2D eigenvalue weighted by Gasteiger charge is -2.15. The number of carbonyl (C=O) groups excluding carboxylic acids is 1. The van der Waals surface area contributed by atoms with Gasteiger partial charge in [0.05, 0.1) is 5.56 Å². The second-order valence-electron chi connectivity index (χ2n) is 5.82. The van der Waals surface area contributed by atoms with E-state index < -0.39 is 6.36 Å². The third-order valence-corrected chi connectivity index (χ3v) is 4.18. The van der Waals surface area contributed by atoms with Crippen molar-refractivity contribution in [2.45, 2.75) is 19.9 Å². The minimum Gasteiger partial charge on any atom is -0.487 e. The summed E-state index contributed by atoms with van der Waals surface area (Å²) in [4.78, 5) is 12.0. The zero-order valence-electron chi connectivity index (χ0n) is 14.1. The van der Waals surface area contributed by atoms with Gasteiger partial charge in [0.2, 0.25) is 0 Å². The highest BCUT2D eigenvalue weighted by atomic mass is 35.5. The van der Waals surface area contributed by atoms with Crippen molar-refractivity contribution in [3.05, 3.63) is 70.7 Å². The summed E-state index contributed by atoms with van der Waals surface area (Å²) < 4.78 is 46.4.